The summed E-state index contributed by atoms with van der Waals surface area (Å²) in [6, 6.07) is 9.14. The summed E-state index contributed by atoms with van der Waals surface area (Å²) in [5.41, 5.74) is 1.96. The minimum Gasteiger partial charge on any atom is -0.346 e. The molecule has 6 heteroatoms. The van der Waals surface area contributed by atoms with Crippen LogP contribution >= 0.6 is 15.9 Å². The topological polar surface area (TPSA) is 60.1 Å². The molecule has 2 rings (SSSR count). The molecular weight excluding hydrogens is 322 g/mol. The molecule has 1 aromatic heterocycles. The predicted molar refractivity (Wildman–Crippen MR) is 81.7 cm³/mol. The van der Waals surface area contributed by atoms with E-state index in [0.717, 1.165) is 18.8 Å². The van der Waals surface area contributed by atoms with E-state index in [1.807, 2.05) is 35.9 Å². The van der Waals surface area contributed by atoms with E-state index in [1.54, 1.807) is 12.1 Å². The van der Waals surface area contributed by atoms with E-state index in [-0.39, 0.29) is 10.6 Å². The Balaban J connectivity index is 2.26. The van der Waals surface area contributed by atoms with Crippen molar-refractivity contribution < 1.29 is 4.92 Å². The fraction of sp³-hybridized carbons (Fsp3) is 0.286. The highest BCUT2D eigenvalue weighted by molar-refractivity contribution is 9.10. The van der Waals surface area contributed by atoms with Crippen LogP contribution in [0.4, 0.5) is 5.69 Å². The van der Waals surface area contributed by atoms with Crippen LogP contribution in [0.25, 0.3) is 0 Å². The first-order chi connectivity index (χ1) is 9.61. The predicted octanol–water partition coefficient (Wildman–Crippen LogP) is 3.32. The smallest absolute Gasteiger partial charge is 0.275 e. The molecule has 0 spiro atoms. The fourth-order valence-electron chi connectivity index (χ4n) is 2.04. The second-order valence-corrected chi connectivity index (χ2v) is 5.35. The van der Waals surface area contributed by atoms with Crippen molar-refractivity contribution in [3.8, 4) is 0 Å². The van der Waals surface area contributed by atoms with Crippen LogP contribution in [0.2, 0.25) is 0 Å². The Labute approximate surface area is 125 Å². The third kappa shape index (κ3) is 3.46. The second kappa shape index (κ2) is 6.67. The highest BCUT2D eigenvalue weighted by atomic mass is 79.9. The van der Waals surface area contributed by atoms with E-state index >= 15 is 0 Å². The summed E-state index contributed by atoms with van der Waals surface area (Å²) in [7, 11) is 0. The molecule has 1 aromatic carbocycles. The lowest BCUT2D eigenvalue weighted by Crippen LogP contribution is -2.15. The van der Waals surface area contributed by atoms with E-state index in [1.165, 1.54) is 0 Å². The zero-order valence-corrected chi connectivity index (χ0v) is 12.8. The zero-order valence-electron chi connectivity index (χ0n) is 11.2. The quantitative estimate of drug-likeness (QED) is 0.649. The molecule has 1 heterocycles. The van der Waals surface area contributed by atoms with E-state index in [4.69, 9.17) is 0 Å². The van der Waals surface area contributed by atoms with Crippen molar-refractivity contribution in [2.45, 2.75) is 20.0 Å². The third-order valence-corrected chi connectivity index (χ3v) is 3.56. The van der Waals surface area contributed by atoms with Gasteiger partial charge in [-0.15, -0.1) is 0 Å². The molecule has 20 heavy (non-hydrogen) atoms. The summed E-state index contributed by atoms with van der Waals surface area (Å²) in [6.45, 7) is 4.20. The van der Waals surface area contributed by atoms with Gasteiger partial charge >= 0.3 is 0 Å². The van der Waals surface area contributed by atoms with Crippen molar-refractivity contribution in [1.82, 2.24) is 9.88 Å². The number of hydrogen-bond donors (Lipinski definition) is 1. The lowest BCUT2D eigenvalue weighted by atomic mass is 10.2. The number of nitro groups is 1. The molecule has 1 N–H and O–H groups in total. The largest absolute Gasteiger partial charge is 0.346 e. The van der Waals surface area contributed by atoms with Gasteiger partial charge in [-0.3, -0.25) is 10.1 Å². The number of halogens is 1. The average molecular weight is 338 g/mol. The molecular formula is C14H16BrN3O2. The van der Waals surface area contributed by atoms with Gasteiger partial charge in [-0.05, 0) is 30.8 Å². The number of benzene rings is 1. The minimum absolute atomic E-state index is 0.141. The van der Waals surface area contributed by atoms with Crippen molar-refractivity contribution >= 4 is 21.6 Å². The van der Waals surface area contributed by atoms with Crippen LogP contribution in [0.15, 0.2) is 41.0 Å². The molecule has 0 atom stereocenters. The van der Waals surface area contributed by atoms with Gasteiger partial charge in [0.2, 0.25) is 0 Å². The van der Waals surface area contributed by atoms with Crippen LogP contribution in [0, 0.1) is 10.1 Å². The lowest BCUT2D eigenvalue weighted by Gasteiger charge is -2.10. The number of nitrogens with zero attached hydrogens (tertiary/aromatic N) is 2. The van der Waals surface area contributed by atoms with E-state index in [9.17, 15) is 10.1 Å². The van der Waals surface area contributed by atoms with Gasteiger partial charge in [0.05, 0.1) is 11.5 Å². The SMILES string of the molecule is CCNCc1cccn1Cc1ccc(Br)cc1[N+](=O)[O-]. The summed E-state index contributed by atoms with van der Waals surface area (Å²) in [5.74, 6) is 0. The Morgan fingerprint density at radius 2 is 2.20 bits per heavy atom. The number of nitro benzene ring substituents is 1. The van der Waals surface area contributed by atoms with Crippen LogP contribution in [-0.4, -0.2) is 16.0 Å². The van der Waals surface area contributed by atoms with Gasteiger partial charge in [-0.25, -0.2) is 0 Å². The van der Waals surface area contributed by atoms with Gasteiger partial charge < -0.3 is 9.88 Å². The van der Waals surface area contributed by atoms with Gasteiger partial charge in [0, 0.05) is 34.5 Å². The number of rotatable bonds is 6. The molecule has 106 valence electrons. The molecule has 0 unspecified atom stereocenters. The maximum Gasteiger partial charge on any atom is 0.275 e. The van der Waals surface area contributed by atoms with Crippen molar-refractivity contribution in [2.24, 2.45) is 0 Å². The number of hydrogen-bond acceptors (Lipinski definition) is 3. The van der Waals surface area contributed by atoms with Crippen LogP contribution < -0.4 is 5.32 Å². The van der Waals surface area contributed by atoms with Crippen LogP contribution in [-0.2, 0) is 13.1 Å². The minimum atomic E-state index is -0.340. The Morgan fingerprint density at radius 3 is 2.90 bits per heavy atom. The molecule has 0 aliphatic rings. The van der Waals surface area contributed by atoms with Crippen molar-refractivity contribution in [3.05, 3.63) is 62.4 Å². The monoisotopic (exact) mass is 337 g/mol. The first kappa shape index (κ1) is 14.7. The molecule has 0 aliphatic heterocycles. The summed E-state index contributed by atoms with van der Waals surface area (Å²) < 4.78 is 2.74. The first-order valence-corrected chi connectivity index (χ1v) is 7.18. The Hall–Kier alpha value is -1.66. The third-order valence-electron chi connectivity index (χ3n) is 3.06. The lowest BCUT2D eigenvalue weighted by molar-refractivity contribution is -0.385. The summed E-state index contributed by atoms with van der Waals surface area (Å²) in [6.07, 6.45) is 1.94. The van der Waals surface area contributed by atoms with Gasteiger partial charge in [-0.1, -0.05) is 22.9 Å². The molecule has 0 bridgehead atoms. The molecule has 0 fully saturated rings. The van der Waals surface area contributed by atoms with E-state index < -0.39 is 0 Å². The zero-order chi connectivity index (χ0) is 14.5. The molecule has 0 radical (unpaired) electrons. The van der Waals surface area contributed by atoms with Gasteiger partial charge in [0.15, 0.2) is 0 Å². The van der Waals surface area contributed by atoms with Gasteiger partial charge in [0.1, 0.15) is 0 Å². The van der Waals surface area contributed by atoms with E-state index in [0.29, 0.717) is 16.6 Å². The Kier molecular flexibility index (Phi) is 4.92. The molecule has 5 nitrogen and oxygen atoms in total. The highest BCUT2D eigenvalue weighted by Gasteiger charge is 2.15. The average Bonchev–Trinajstić information content (AvgIpc) is 2.85. The van der Waals surface area contributed by atoms with Gasteiger partial charge in [-0.2, -0.15) is 0 Å². The van der Waals surface area contributed by atoms with Crippen LogP contribution in [0.3, 0.4) is 0 Å². The molecule has 0 amide bonds. The Morgan fingerprint density at radius 1 is 1.40 bits per heavy atom. The molecule has 0 saturated heterocycles. The standard InChI is InChI=1S/C14H16BrN3O2/c1-2-16-9-13-4-3-7-17(13)10-11-5-6-12(15)8-14(11)18(19)20/h3-8,16H,2,9-10H2,1H3. The van der Waals surface area contributed by atoms with Gasteiger partial charge in [0.25, 0.3) is 5.69 Å². The summed E-state index contributed by atoms with van der Waals surface area (Å²) >= 11 is 3.27. The van der Waals surface area contributed by atoms with E-state index in [2.05, 4.69) is 21.2 Å². The number of nitrogens with one attached hydrogen (secondary N) is 1. The van der Waals surface area contributed by atoms with Crippen molar-refractivity contribution in [3.63, 3.8) is 0 Å². The second-order valence-electron chi connectivity index (χ2n) is 4.44. The van der Waals surface area contributed by atoms with Crippen molar-refractivity contribution in [1.29, 1.82) is 0 Å². The maximum absolute atomic E-state index is 11.1. The molecule has 2 aromatic rings. The summed E-state index contributed by atoms with van der Waals surface area (Å²) in [4.78, 5) is 10.8. The molecule has 0 aliphatic carbocycles. The maximum atomic E-state index is 11.1. The van der Waals surface area contributed by atoms with Crippen LogP contribution in [0.1, 0.15) is 18.2 Å². The Bertz CT molecular complexity index is 610. The fourth-order valence-corrected chi connectivity index (χ4v) is 2.39. The summed E-state index contributed by atoms with van der Waals surface area (Å²) in [5, 5.41) is 14.4. The normalized spacial score (nSPS) is 10.7. The van der Waals surface area contributed by atoms with Crippen molar-refractivity contribution in [2.75, 3.05) is 6.54 Å². The van der Waals surface area contributed by atoms with Crippen LogP contribution in [0.5, 0.6) is 0 Å². The number of aromatic nitrogens is 1. The highest BCUT2D eigenvalue weighted by Crippen LogP contribution is 2.24. The molecule has 0 saturated carbocycles. The first-order valence-electron chi connectivity index (χ1n) is 6.39.